The average molecular weight is 266 g/mol. The molecule has 2 atom stereocenters. The zero-order valence-electron chi connectivity index (χ0n) is 13.4. The molecule has 1 rings (SSSR count). The molecule has 1 heteroatoms. The van der Waals surface area contributed by atoms with Crippen molar-refractivity contribution in [2.24, 2.45) is 17.8 Å². The van der Waals surface area contributed by atoms with E-state index in [1.807, 2.05) is 6.26 Å². The van der Waals surface area contributed by atoms with Crippen LogP contribution >= 0.6 is 0 Å². The van der Waals surface area contributed by atoms with E-state index in [0.29, 0.717) is 0 Å². The number of rotatable bonds is 12. The molecule has 0 aromatic carbocycles. The molecular weight excluding hydrogens is 232 g/mol. The highest BCUT2D eigenvalue weighted by Crippen LogP contribution is 2.53. The SMILES string of the molecule is CCCCCCC1C(C=COC)C1CCCCCC. The molecule has 1 nitrogen and oxygen atoms in total. The number of hydrogen-bond donors (Lipinski definition) is 0. The number of hydrogen-bond acceptors (Lipinski definition) is 1. The molecule has 0 aromatic rings. The molecule has 0 saturated heterocycles. The largest absolute Gasteiger partial charge is 0.505 e. The van der Waals surface area contributed by atoms with Gasteiger partial charge in [-0.2, -0.15) is 0 Å². The maximum atomic E-state index is 5.09. The normalized spacial score (nSPS) is 25.9. The zero-order chi connectivity index (χ0) is 13.9. The van der Waals surface area contributed by atoms with Crippen molar-refractivity contribution in [2.75, 3.05) is 7.11 Å². The van der Waals surface area contributed by atoms with E-state index < -0.39 is 0 Å². The maximum Gasteiger partial charge on any atom is 0.0787 e. The first-order chi connectivity index (χ1) is 9.35. The highest BCUT2D eigenvalue weighted by molar-refractivity contribution is 5.06. The van der Waals surface area contributed by atoms with Crippen molar-refractivity contribution in [2.45, 2.75) is 78.1 Å². The Morgan fingerprint density at radius 3 is 1.74 bits per heavy atom. The lowest BCUT2D eigenvalue weighted by atomic mass is 10.1. The van der Waals surface area contributed by atoms with E-state index in [0.717, 1.165) is 17.8 Å². The molecule has 0 heterocycles. The van der Waals surface area contributed by atoms with Gasteiger partial charge in [0.25, 0.3) is 0 Å². The summed E-state index contributed by atoms with van der Waals surface area (Å²) in [7, 11) is 1.76. The van der Waals surface area contributed by atoms with E-state index in [1.54, 1.807) is 7.11 Å². The van der Waals surface area contributed by atoms with Crippen LogP contribution in [0.2, 0.25) is 0 Å². The first-order valence-electron chi connectivity index (χ1n) is 8.54. The topological polar surface area (TPSA) is 9.23 Å². The fourth-order valence-electron chi connectivity index (χ4n) is 3.36. The van der Waals surface area contributed by atoms with Crippen LogP contribution in [0.3, 0.4) is 0 Å². The van der Waals surface area contributed by atoms with Crippen LogP contribution in [-0.4, -0.2) is 7.11 Å². The second-order valence-corrected chi connectivity index (χ2v) is 6.17. The molecule has 1 saturated carbocycles. The summed E-state index contributed by atoms with van der Waals surface area (Å²) in [4.78, 5) is 0. The van der Waals surface area contributed by atoms with Gasteiger partial charge in [0.15, 0.2) is 0 Å². The van der Waals surface area contributed by atoms with Gasteiger partial charge in [0, 0.05) is 0 Å². The summed E-state index contributed by atoms with van der Waals surface area (Å²) in [6.07, 6.45) is 18.3. The Hall–Kier alpha value is -0.460. The van der Waals surface area contributed by atoms with Gasteiger partial charge in [-0.15, -0.1) is 0 Å². The van der Waals surface area contributed by atoms with Gasteiger partial charge in [-0.05, 0) is 36.7 Å². The smallest absolute Gasteiger partial charge is 0.0787 e. The Morgan fingerprint density at radius 1 is 0.789 bits per heavy atom. The molecule has 0 amide bonds. The van der Waals surface area contributed by atoms with E-state index in [4.69, 9.17) is 4.74 Å². The van der Waals surface area contributed by atoms with Gasteiger partial charge in [0.2, 0.25) is 0 Å². The molecule has 19 heavy (non-hydrogen) atoms. The summed E-state index contributed by atoms with van der Waals surface area (Å²) < 4.78 is 5.09. The van der Waals surface area contributed by atoms with Crippen LogP contribution in [-0.2, 0) is 4.74 Å². The summed E-state index contributed by atoms with van der Waals surface area (Å²) in [5, 5.41) is 0. The van der Waals surface area contributed by atoms with Crippen molar-refractivity contribution in [3.8, 4) is 0 Å². The van der Waals surface area contributed by atoms with Crippen LogP contribution in [0, 0.1) is 17.8 Å². The van der Waals surface area contributed by atoms with Crippen LogP contribution in [0.1, 0.15) is 78.1 Å². The second kappa shape index (κ2) is 10.3. The summed E-state index contributed by atoms with van der Waals surface area (Å²) in [6, 6.07) is 0. The van der Waals surface area contributed by atoms with E-state index in [9.17, 15) is 0 Å². The van der Waals surface area contributed by atoms with Gasteiger partial charge in [-0.25, -0.2) is 0 Å². The molecular formula is C18H34O. The van der Waals surface area contributed by atoms with Crippen LogP contribution in [0.25, 0.3) is 0 Å². The fourth-order valence-corrected chi connectivity index (χ4v) is 3.36. The molecule has 0 N–H and O–H groups in total. The first-order valence-corrected chi connectivity index (χ1v) is 8.54. The molecule has 0 radical (unpaired) electrons. The van der Waals surface area contributed by atoms with Gasteiger partial charge in [0.05, 0.1) is 13.4 Å². The van der Waals surface area contributed by atoms with Gasteiger partial charge in [-0.1, -0.05) is 65.2 Å². The minimum absolute atomic E-state index is 0.822. The van der Waals surface area contributed by atoms with Crippen molar-refractivity contribution in [3.05, 3.63) is 12.3 Å². The molecule has 0 bridgehead atoms. The second-order valence-electron chi connectivity index (χ2n) is 6.17. The van der Waals surface area contributed by atoms with Crippen molar-refractivity contribution in [1.82, 2.24) is 0 Å². The Kier molecular flexibility index (Phi) is 9.03. The lowest BCUT2D eigenvalue weighted by Crippen LogP contribution is -1.86. The molecule has 1 fully saturated rings. The molecule has 1 aliphatic carbocycles. The summed E-state index contributed by atoms with van der Waals surface area (Å²) >= 11 is 0. The van der Waals surface area contributed by atoms with Gasteiger partial charge in [-0.3, -0.25) is 0 Å². The van der Waals surface area contributed by atoms with Gasteiger partial charge in [0.1, 0.15) is 0 Å². The lowest BCUT2D eigenvalue weighted by Gasteiger charge is -2.00. The van der Waals surface area contributed by atoms with Gasteiger partial charge >= 0.3 is 0 Å². The molecule has 0 spiro atoms. The number of allylic oxidation sites excluding steroid dienone is 1. The third kappa shape index (κ3) is 6.49. The highest BCUT2D eigenvalue weighted by Gasteiger charge is 2.46. The maximum absolute atomic E-state index is 5.09. The third-order valence-corrected chi connectivity index (χ3v) is 4.62. The lowest BCUT2D eigenvalue weighted by molar-refractivity contribution is 0.335. The third-order valence-electron chi connectivity index (χ3n) is 4.62. The monoisotopic (exact) mass is 266 g/mol. The van der Waals surface area contributed by atoms with Crippen molar-refractivity contribution >= 4 is 0 Å². The van der Waals surface area contributed by atoms with Crippen LogP contribution < -0.4 is 0 Å². The van der Waals surface area contributed by atoms with Crippen LogP contribution in [0.5, 0.6) is 0 Å². The number of ether oxygens (including phenoxy) is 1. The summed E-state index contributed by atoms with van der Waals surface area (Å²) in [6.45, 7) is 4.58. The van der Waals surface area contributed by atoms with E-state index in [2.05, 4.69) is 19.9 Å². The Balaban J connectivity index is 2.20. The molecule has 0 aliphatic heterocycles. The first kappa shape index (κ1) is 16.6. The quantitative estimate of drug-likeness (QED) is 0.313. The van der Waals surface area contributed by atoms with Crippen LogP contribution in [0.4, 0.5) is 0 Å². The average Bonchev–Trinajstić information content (AvgIpc) is 3.09. The molecule has 0 aromatic heterocycles. The Bertz CT molecular complexity index is 216. The molecule has 112 valence electrons. The van der Waals surface area contributed by atoms with Crippen molar-refractivity contribution in [1.29, 1.82) is 0 Å². The minimum Gasteiger partial charge on any atom is -0.505 e. The van der Waals surface area contributed by atoms with Crippen molar-refractivity contribution < 1.29 is 4.74 Å². The number of unbranched alkanes of at least 4 members (excludes halogenated alkanes) is 6. The standard InChI is InChI=1S/C18H34O/c1-4-6-8-10-12-16-17(13-11-9-7-5-2)18(16)14-15-19-3/h14-18H,4-13H2,1-3H3. The predicted octanol–water partition coefficient (Wildman–Crippen LogP) is 5.95. The minimum atomic E-state index is 0.822. The van der Waals surface area contributed by atoms with Gasteiger partial charge < -0.3 is 4.74 Å². The zero-order valence-corrected chi connectivity index (χ0v) is 13.4. The van der Waals surface area contributed by atoms with E-state index in [-0.39, 0.29) is 0 Å². The predicted molar refractivity (Wildman–Crippen MR) is 84.1 cm³/mol. The highest BCUT2D eigenvalue weighted by atomic mass is 16.5. The van der Waals surface area contributed by atoms with Crippen molar-refractivity contribution in [3.63, 3.8) is 0 Å². The summed E-state index contributed by atoms with van der Waals surface area (Å²) in [5.74, 6) is 2.75. The fraction of sp³-hybridized carbons (Fsp3) is 0.889. The Morgan fingerprint density at radius 2 is 1.32 bits per heavy atom. The number of methoxy groups -OCH3 is 1. The van der Waals surface area contributed by atoms with E-state index in [1.165, 1.54) is 64.2 Å². The Labute approximate surface area is 120 Å². The van der Waals surface area contributed by atoms with Crippen LogP contribution in [0.15, 0.2) is 12.3 Å². The molecule has 1 aliphatic rings. The van der Waals surface area contributed by atoms with E-state index >= 15 is 0 Å². The molecule has 2 unspecified atom stereocenters. The summed E-state index contributed by atoms with van der Waals surface area (Å²) in [5.41, 5.74) is 0.